The van der Waals surface area contributed by atoms with E-state index in [1.807, 2.05) is 0 Å². The third kappa shape index (κ3) is 1.89. The number of nitrogens with two attached hydrogens (primary N) is 1. The smallest absolute Gasteiger partial charge is 0.0113 e. The molecule has 76 valence electrons. The summed E-state index contributed by atoms with van der Waals surface area (Å²) in [5.41, 5.74) is 6.09. The molecule has 1 aliphatic carbocycles. The standard InChI is InChI=1S/C11H22N2/c1-8(2)13-7-9-3-4-11(13)6-10(12)5-9/h8-11H,3-7,12H2,1-2H3. The largest absolute Gasteiger partial charge is 0.328 e. The molecule has 0 aromatic rings. The van der Waals surface area contributed by atoms with Crippen molar-refractivity contribution in [3.05, 3.63) is 0 Å². The van der Waals surface area contributed by atoms with E-state index in [9.17, 15) is 0 Å². The molecule has 3 atom stereocenters. The Morgan fingerprint density at radius 3 is 2.69 bits per heavy atom. The van der Waals surface area contributed by atoms with Gasteiger partial charge in [0.25, 0.3) is 0 Å². The van der Waals surface area contributed by atoms with Gasteiger partial charge in [0.2, 0.25) is 0 Å². The summed E-state index contributed by atoms with van der Waals surface area (Å²) in [5, 5.41) is 0. The highest BCUT2D eigenvalue weighted by Crippen LogP contribution is 2.33. The van der Waals surface area contributed by atoms with Gasteiger partial charge in [-0.25, -0.2) is 0 Å². The molecule has 0 radical (unpaired) electrons. The highest BCUT2D eigenvalue weighted by Gasteiger charge is 2.35. The Labute approximate surface area is 81.5 Å². The number of hydrogen-bond acceptors (Lipinski definition) is 2. The number of rotatable bonds is 1. The van der Waals surface area contributed by atoms with Crippen molar-refractivity contribution in [1.82, 2.24) is 4.90 Å². The van der Waals surface area contributed by atoms with Gasteiger partial charge in [-0.05, 0) is 45.4 Å². The van der Waals surface area contributed by atoms with Crippen LogP contribution in [-0.2, 0) is 0 Å². The number of piperidine rings is 1. The van der Waals surface area contributed by atoms with Crippen LogP contribution in [0, 0.1) is 5.92 Å². The molecule has 0 spiro atoms. The molecule has 1 saturated carbocycles. The van der Waals surface area contributed by atoms with Gasteiger partial charge in [0.15, 0.2) is 0 Å². The van der Waals surface area contributed by atoms with E-state index in [2.05, 4.69) is 18.7 Å². The van der Waals surface area contributed by atoms with Gasteiger partial charge in [0.05, 0.1) is 0 Å². The topological polar surface area (TPSA) is 29.3 Å². The normalized spacial score (nSPS) is 41.1. The maximum atomic E-state index is 6.09. The van der Waals surface area contributed by atoms with Crippen molar-refractivity contribution in [3.8, 4) is 0 Å². The minimum Gasteiger partial charge on any atom is -0.328 e. The first-order valence-corrected chi connectivity index (χ1v) is 5.68. The van der Waals surface area contributed by atoms with E-state index in [0.717, 1.165) is 12.0 Å². The number of fused-ring (bicyclic) bond motifs is 4. The first kappa shape index (κ1) is 9.47. The zero-order valence-electron chi connectivity index (χ0n) is 8.87. The van der Waals surface area contributed by atoms with Crippen LogP contribution in [-0.4, -0.2) is 29.6 Å². The molecule has 2 saturated heterocycles. The number of nitrogens with zero attached hydrogens (tertiary/aromatic N) is 1. The molecule has 2 aliphatic heterocycles. The van der Waals surface area contributed by atoms with Crippen molar-refractivity contribution in [2.75, 3.05) is 6.54 Å². The Kier molecular flexibility index (Phi) is 2.61. The Bertz CT molecular complexity index is 179. The summed E-state index contributed by atoms with van der Waals surface area (Å²) in [7, 11) is 0. The highest BCUT2D eigenvalue weighted by molar-refractivity contribution is 4.91. The van der Waals surface area contributed by atoms with Crippen molar-refractivity contribution >= 4 is 0 Å². The van der Waals surface area contributed by atoms with Gasteiger partial charge in [-0.15, -0.1) is 0 Å². The van der Waals surface area contributed by atoms with Crippen LogP contribution in [0.1, 0.15) is 39.5 Å². The van der Waals surface area contributed by atoms with Crippen molar-refractivity contribution in [3.63, 3.8) is 0 Å². The second kappa shape index (κ2) is 3.58. The van der Waals surface area contributed by atoms with E-state index >= 15 is 0 Å². The van der Waals surface area contributed by atoms with Gasteiger partial charge in [0.1, 0.15) is 0 Å². The van der Waals surface area contributed by atoms with E-state index in [1.54, 1.807) is 0 Å². The zero-order chi connectivity index (χ0) is 9.42. The number of hydrogen-bond donors (Lipinski definition) is 1. The monoisotopic (exact) mass is 182 g/mol. The molecule has 2 bridgehead atoms. The van der Waals surface area contributed by atoms with E-state index in [1.165, 1.54) is 32.2 Å². The molecule has 3 fully saturated rings. The molecule has 2 N–H and O–H groups in total. The van der Waals surface area contributed by atoms with E-state index < -0.39 is 0 Å². The lowest BCUT2D eigenvalue weighted by Gasteiger charge is -2.39. The van der Waals surface area contributed by atoms with Gasteiger partial charge in [-0.3, -0.25) is 4.90 Å². The quantitative estimate of drug-likeness (QED) is 0.667. The molecule has 2 heteroatoms. The predicted molar refractivity (Wildman–Crippen MR) is 55.6 cm³/mol. The summed E-state index contributed by atoms with van der Waals surface area (Å²) < 4.78 is 0. The van der Waals surface area contributed by atoms with Gasteiger partial charge in [-0.2, -0.15) is 0 Å². The van der Waals surface area contributed by atoms with Gasteiger partial charge < -0.3 is 5.73 Å². The molecule has 3 unspecified atom stereocenters. The van der Waals surface area contributed by atoms with Gasteiger partial charge in [-0.1, -0.05) is 0 Å². The van der Waals surface area contributed by atoms with Crippen molar-refractivity contribution in [2.24, 2.45) is 11.7 Å². The third-order valence-electron chi connectivity index (χ3n) is 3.72. The summed E-state index contributed by atoms with van der Waals surface area (Å²) >= 11 is 0. The van der Waals surface area contributed by atoms with E-state index in [-0.39, 0.29) is 0 Å². The third-order valence-corrected chi connectivity index (χ3v) is 3.72. The van der Waals surface area contributed by atoms with Crippen LogP contribution in [0.25, 0.3) is 0 Å². The molecular formula is C11H22N2. The Hall–Kier alpha value is -0.0800. The van der Waals surface area contributed by atoms with E-state index in [0.29, 0.717) is 12.1 Å². The van der Waals surface area contributed by atoms with Gasteiger partial charge >= 0.3 is 0 Å². The molecule has 3 rings (SSSR count). The van der Waals surface area contributed by atoms with Crippen molar-refractivity contribution in [1.29, 1.82) is 0 Å². The minimum absolute atomic E-state index is 0.473. The van der Waals surface area contributed by atoms with Crippen molar-refractivity contribution < 1.29 is 0 Å². The molecule has 13 heavy (non-hydrogen) atoms. The maximum absolute atomic E-state index is 6.09. The maximum Gasteiger partial charge on any atom is 0.0113 e. The van der Waals surface area contributed by atoms with Crippen LogP contribution in [0.5, 0.6) is 0 Å². The Balaban J connectivity index is 2.09. The zero-order valence-corrected chi connectivity index (χ0v) is 8.87. The lowest BCUT2D eigenvalue weighted by molar-refractivity contribution is 0.0912. The molecule has 0 amide bonds. The SMILES string of the molecule is CC(C)N1CC2CCC1CC(N)C2. The summed E-state index contributed by atoms with van der Waals surface area (Å²) in [6, 6.07) is 1.97. The van der Waals surface area contributed by atoms with Crippen molar-refractivity contribution in [2.45, 2.75) is 57.7 Å². The van der Waals surface area contributed by atoms with E-state index in [4.69, 9.17) is 5.73 Å². The molecule has 2 heterocycles. The first-order chi connectivity index (χ1) is 6.16. The average molecular weight is 182 g/mol. The highest BCUT2D eigenvalue weighted by atomic mass is 15.2. The molecule has 2 nitrogen and oxygen atoms in total. The molecule has 3 aliphatic rings. The first-order valence-electron chi connectivity index (χ1n) is 5.68. The Morgan fingerprint density at radius 1 is 1.23 bits per heavy atom. The molecule has 0 aromatic heterocycles. The van der Waals surface area contributed by atoms with Crippen LogP contribution in [0.3, 0.4) is 0 Å². The lowest BCUT2D eigenvalue weighted by Crippen LogP contribution is -2.45. The molecular weight excluding hydrogens is 160 g/mol. The van der Waals surface area contributed by atoms with Crippen LogP contribution >= 0.6 is 0 Å². The fourth-order valence-electron chi connectivity index (χ4n) is 3.08. The Morgan fingerprint density at radius 2 is 2.00 bits per heavy atom. The van der Waals surface area contributed by atoms with Crippen LogP contribution in [0.2, 0.25) is 0 Å². The van der Waals surface area contributed by atoms with Crippen LogP contribution in [0.15, 0.2) is 0 Å². The summed E-state index contributed by atoms with van der Waals surface area (Å²) in [4.78, 5) is 2.67. The van der Waals surface area contributed by atoms with Crippen LogP contribution in [0.4, 0.5) is 0 Å². The second-order valence-corrected chi connectivity index (χ2v) is 5.12. The predicted octanol–water partition coefficient (Wildman–Crippen LogP) is 1.60. The van der Waals surface area contributed by atoms with Crippen LogP contribution < -0.4 is 5.73 Å². The second-order valence-electron chi connectivity index (χ2n) is 5.12. The average Bonchev–Trinajstić information content (AvgIpc) is 2.31. The lowest BCUT2D eigenvalue weighted by atomic mass is 9.93. The van der Waals surface area contributed by atoms with Gasteiger partial charge in [0, 0.05) is 24.7 Å². The molecule has 0 aromatic carbocycles. The summed E-state index contributed by atoms with van der Waals surface area (Å²) in [5.74, 6) is 0.885. The summed E-state index contributed by atoms with van der Waals surface area (Å²) in [6.07, 6.45) is 5.30. The fourth-order valence-corrected chi connectivity index (χ4v) is 3.08. The minimum atomic E-state index is 0.473. The fraction of sp³-hybridized carbons (Fsp3) is 1.00. The summed E-state index contributed by atoms with van der Waals surface area (Å²) in [6.45, 7) is 5.93.